The summed E-state index contributed by atoms with van der Waals surface area (Å²) in [4.78, 5) is 12.4. The highest BCUT2D eigenvalue weighted by molar-refractivity contribution is 9.10. The maximum absolute atomic E-state index is 12.4. The first-order valence-corrected chi connectivity index (χ1v) is 10.6. The van der Waals surface area contributed by atoms with Gasteiger partial charge in [0.25, 0.3) is 0 Å². The van der Waals surface area contributed by atoms with Crippen LogP contribution < -0.4 is 10.1 Å². The summed E-state index contributed by atoms with van der Waals surface area (Å²) in [5.74, 6) is 1.33. The van der Waals surface area contributed by atoms with Gasteiger partial charge in [-0.15, -0.1) is 10.2 Å². The molecule has 0 fully saturated rings. The Morgan fingerprint density at radius 3 is 2.68 bits per heavy atom. The monoisotopic (exact) mass is 480 g/mol. The zero-order valence-corrected chi connectivity index (χ0v) is 18.4. The second kappa shape index (κ2) is 9.45. The molecule has 0 aliphatic rings. The van der Waals surface area contributed by atoms with Gasteiger partial charge in [0.1, 0.15) is 5.75 Å². The summed E-state index contributed by atoms with van der Waals surface area (Å²) >= 11 is 10.8. The van der Waals surface area contributed by atoms with Gasteiger partial charge in [-0.2, -0.15) is 0 Å². The van der Waals surface area contributed by atoms with Crippen molar-refractivity contribution in [3.8, 4) is 17.1 Å². The Kier molecular flexibility index (Phi) is 6.98. The Morgan fingerprint density at radius 1 is 1.25 bits per heavy atom. The first kappa shape index (κ1) is 20.7. The third kappa shape index (κ3) is 4.87. The van der Waals surface area contributed by atoms with Crippen molar-refractivity contribution >= 4 is 50.9 Å². The molecule has 0 spiro atoms. The number of amides is 1. The number of halogens is 2. The molecule has 2 aromatic carbocycles. The number of benzene rings is 2. The molecule has 0 aliphatic carbocycles. The highest BCUT2D eigenvalue weighted by Crippen LogP contribution is 2.29. The van der Waals surface area contributed by atoms with Crippen molar-refractivity contribution in [2.24, 2.45) is 0 Å². The lowest BCUT2D eigenvalue weighted by atomic mass is 10.2. The van der Waals surface area contributed by atoms with Gasteiger partial charge in [0, 0.05) is 21.6 Å². The number of ether oxygens (including phenoxy) is 1. The van der Waals surface area contributed by atoms with E-state index < -0.39 is 0 Å². The smallest absolute Gasteiger partial charge is 0.234 e. The zero-order valence-electron chi connectivity index (χ0n) is 15.3. The molecular weight excluding hydrogens is 464 g/mol. The van der Waals surface area contributed by atoms with Crippen LogP contribution in [-0.4, -0.2) is 33.5 Å². The second-order valence-corrected chi connectivity index (χ2v) is 8.03. The van der Waals surface area contributed by atoms with Crippen molar-refractivity contribution < 1.29 is 9.53 Å². The maximum Gasteiger partial charge on any atom is 0.234 e. The predicted octanol–water partition coefficient (Wildman–Crippen LogP) is 5.12. The maximum atomic E-state index is 12.4. The topological polar surface area (TPSA) is 69.0 Å². The summed E-state index contributed by atoms with van der Waals surface area (Å²) in [7, 11) is 1.54. The van der Waals surface area contributed by atoms with Gasteiger partial charge < -0.3 is 14.6 Å². The number of carbonyl (C=O) groups is 1. The number of anilines is 1. The Balaban J connectivity index is 1.70. The fourth-order valence-electron chi connectivity index (χ4n) is 2.59. The molecule has 0 aliphatic heterocycles. The van der Waals surface area contributed by atoms with E-state index in [1.54, 1.807) is 25.3 Å². The van der Waals surface area contributed by atoms with Crippen molar-refractivity contribution in [3.05, 3.63) is 52.0 Å². The first-order valence-electron chi connectivity index (χ1n) is 8.47. The average molecular weight is 482 g/mol. The number of methoxy groups -OCH3 is 1. The average Bonchev–Trinajstić information content (AvgIpc) is 3.10. The van der Waals surface area contributed by atoms with Crippen LogP contribution in [0.4, 0.5) is 5.69 Å². The third-order valence-electron chi connectivity index (χ3n) is 3.90. The van der Waals surface area contributed by atoms with E-state index >= 15 is 0 Å². The van der Waals surface area contributed by atoms with Crippen molar-refractivity contribution in [2.45, 2.75) is 18.6 Å². The van der Waals surface area contributed by atoms with Gasteiger partial charge in [-0.1, -0.05) is 51.4 Å². The van der Waals surface area contributed by atoms with Crippen LogP contribution in [0.5, 0.6) is 5.75 Å². The van der Waals surface area contributed by atoms with Gasteiger partial charge in [0.05, 0.1) is 18.6 Å². The van der Waals surface area contributed by atoms with E-state index in [0.717, 1.165) is 15.9 Å². The molecule has 1 heterocycles. The quantitative estimate of drug-likeness (QED) is 0.474. The molecular formula is C19H18BrClN4O2S. The van der Waals surface area contributed by atoms with Gasteiger partial charge in [-0.05, 0) is 37.3 Å². The van der Waals surface area contributed by atoms with E-state index in [4.69, 9.17) is 16.3 Å². The molecule has 1 aromatic heterocycles. The number of nitrogens with one attached hydrogen (secondary N) is 1. The zero-order chi connectivity index (χ0) is 20.1. The minimum Gasteiger partial charge on any atom is -0.495 e. The van der Waals surface area contributed by atoms with Crippen LogP contribution in [0.15, 0.2) is 52.1 Å². The van der Waals surface area contributed by atoms with Crippen LogP contribution in [0.2, 0.25) is 5.02 Å². The molecule has 6 nitrogen and oxygen atoms in total. The molecule has 146 valence electrons. The van der Waals surface area contributed by atoms with Crippen LogP contribution >= 0.6 is 39.3 Å². The molecule has 28 heavy (non-hydrogen) atoms. The van der Waals surface area contributed by atoms with Crippen molar-refractivity contribution in [3.63, 3.8) is 0 Å². The number of hydrogen-bond donors (Lipinski definition) is 1. The summed E-state index contributed by atoms with van der Waals surface area (Å²) < 4.78 is 8.24. The van der Waals surface area contributed by atoms with Crippen molar-refractivity contribution in [2.75, 3.05) is 18.2 Å². The molecule has 0 radical (unpaired) electrons. The van der Waals surface area contributed by atoms with E-state index in [1.165, 1.54) is 11.8 Å². The Labute approximate surface area is 180 Å². The van der Waals surface area contributed by atoms with Gasteiger partial charge in [0.15, 0.2) is 11.0 Å². The summed E-state index contributed by atoms with van der Waals surface area (Å²) in [6.45, 7) is 2.72. The van der Waals surface area contributed by atoms with Crippen LogP contribution in [0.25, 0.3) is 11.4 Å². The SMILES string of the molecule is CCn1c(SCC(=O)Nc2cc(Cl)ccc2OC)nnc1-c1ccc(Br)cc1. The normalized spacial score (nSPS) is 10.7. The highest BCUT2D eigenvalue weighted by Gasteiger charge is 2.15. The lowest BCUT2D eigenvalue weighted by Crippen LogP contribution is -2.15. The molecule has 1 amide bonds. The molecule has 3 rings (SSSR count). The van der Waals surface area contributed by atoms with E-state index in [0.29, 0.717) is 28.2 Å². The summed E-state index contributed by atoms with van der Waals surface area (Å²) in [6.07, 6.45) is 0. The number of aromatic nitrogens is 3. The van der Waals surface area contributed by atoms with E-state index in [1.807, 2.05) is 35.8 Å². The Morgan fingerprint density at radius 2 is 2.00 bits per heavy atom. The lowest BCUT2D eigenvalue weighted by Gasteiger charge is -2.11. The molecule has 0 atom stereocenters. The van der Waals surface area contributed by atoms with Crippen LogP contribution in [0.1, 0.15) is 6.92 Å². The number of thioether (sulfide) groups is 1. The Hall–Kier alpha value is -2.03. The van der Waals surface area contributed by atoms with Crippen molar-refractivity contribution in [1.29, 1.82) is 0 Å². The van der Waals surface area contributed by atoms with E-state index in [-0.39, 0.29) is 11.7 Å². The van der Waals surface area contributed by atoms with Crippen LogP contribution in [0, 0.1) is 0 Å². The molecule has 1 N–H and O–H groups in total. The molecule has 0 bridgehead atoms. The number of hydrogen-bond acceptors (Lipinski definition) is 5. The summed E-state index contributed by atoms with van der Waals surface area (Å²) in [5.41, 5.74) is 1.51. The third-order valence-corrected chi connectivity index (χ3v) is 5.63. The van der Waals surface area contributed by atoms with Crippen LogP contribution in [-0.2, 0) is 11.3 Å². The van der Waals surface area contributed by atoms with Gasteiger partial charge >= 0.3 is 0 Å². The summed E-state index contributed by atoms with van der Waals surface area (Å²) in [6, 6.07) is 13.0. The molecule has 3 aromatic rings. The standard InChI is InChI=1S/C19H18BrClN4O2S/c1-3-25-18(12-4-6-13(20)7-5-12)23-24-19(25)28-11-17(26)22-15-10-14(21)8-9-16(15)27-2/h4-10H,3,11H2,1-2H3,(H,22,26). The number of carbonyl (C=O) groups excluding carboxylic acids is 1. The summed E-state index contributed by atoms with van der Waals surface area (Å²) in [5, 5.41) is 12.6. The Bertz CT molecular complexity index is 979. The second-order valence-electron chi connectivity index (χ2n) is 5.74. The predicted molar refractivity (Wildman–Crippen MR) is 116 cm³/mol. The van der Waals surface area contributed by atoms with Gasteiger partial charge in [0.2, 0.25) is 5.91 Å². The lowest BCUT2D eigenvalue weighted by molar-refractivity contribution is -0.113. The molecule has 9 heteroatoms. The number of nitrogens with zero attached hydrogens (tertiary/aromatic N) is 3. The fourth-order valence-corrected chi connectivity index (χ4v) is 3.83. The van der Waals surface area contributed by atoms with Gasteiger partial charge in [-0.3, -0.25) is 4.79 Å². The minimum atomic E-state index is -0.179. The first-order chi connectivity index (χ1) is 13.5. The largest absolute Gasteiger partial charge is 0.495 e. The fraction of sp³-hybridized carbons (Fsp3) is 0.211. The van der Waals surface area contributed by atoms with Crippen molar-refractivity contribution in [1.82, 2.24) is 14.8 Å². The van der Waals surface area contributed by atoms with E-state index in [2.05, 4.69) is 31.4 Å². The minimum absolute atomic E-state index is 0.179. The van der Waals surface area contributed by atoms with E-state index in [9.17, 15) is 4.79 Å². The molecule has 0 unspecified atom stereocenters. The van der Waals surface area contributed by atoms with Crippen LogP contribution in [0.3, 0.4) is 0 Å². The van der Waals surface area contributed by atoms with Gasteiger partial charge in [-0.25, -0.2) is 0 Å². The molecule has 0 saturated heterocycles. The molecule has 0 saturated carbocycles. The highest BCUT2D eigenvalue weighted by atomic mass is 79.9. The number of rotatable bonds is 7.